The van der Waals surface area contributed by atoms with Crippen molar-refractivity contribution in [2.24, 2.45) is 5.41 Å². The molecular weight excluding hydrogens is 494 g/mol. The monoisotopic (exact) mass is 519 g/mol. The van der Waals surface area contributed by atoms with E-state index < -0.39 is 40.7 Å². The van der Waals surface area contributed by atoms with Gasteiger partial charge in [0, 0.05) is 31.9 Å². The summed E-state index contributed by atoms with van der Waals surface area (Å²) in [5.74, 6) is -2.10. The highest BCUT2D eigenvalue weighted by atomic mass is 16.3. The maximum atomic E-state index is 14.4. The van der Waals surface area contributed by atoms with E-state index in [4.69, 9.17) is 0 Å². The van der Waals surface area contributed by atoms with Crippen LogP contribution in [0.5, 0.6) is 0 Å². The largest absolute Gasteiger partial charge is 0.377 e. The van der Waals surface area contributed by atoms with Gasteiger partial charge in [-0.2, -0.15) is 0 Å². The van der Waals surface area contributed by atoms with E-state index in [2.05, 4.69) is 0 Å². The van der Waals surface area contributed by atoms with Gasteiger partial charge < -0.3 is 10.0 Å². The Hall–Kier alpha value is -4.82. The number of carbonyl (C=O) groups is 4. The summed E-state index contributed by atoms with van der Waals surface area (Å²) in [6.45, 7) is 0. The number of benzene rings is 3. The van der Waals surface area contributed by atoms with Crippen molar-refractivity contribution in [1.82, 2.24) is 14.7 Å². The number of carbonyl (C=O) groups excluding carboxylic acids is 4. The molecule has 8 heteroatoms. The second-order valence-electron chi connectivity index (χ2n) is 9.91. The van der Waals surface area contributed by atoms with Crippen LogP contribution in [0.3, 0.4) is 0 Å². The van der Waals surface area contributed by atoms with E-state index in [1.807, 2.05) is 18.2 Å². The lowest BCUT2D eigenvalue weighted by molar-refractivity contribution is -0.175. The van der Waals surface area contributed by atoms with E-state index in [1.54, 1.807) is 83.9 Å². The summed E-state index contributed by atoms with van der Waals surface area (Å²) in [5, 5.41) is 13.0. The highest BCUT2D eigenvalue weighted by molar-refractivity contribution is 6.21. The van der Waals surface area contributed by atoms with Crippen molar-refractivity contribution >= 4 is 29.7 Å². The number of fused-ring (bicyclic) bond motifs is 4. The molecule has 194 valence electrons. The molecule has 0 aromatic heterocycles. The van der Waals surface area contributed by atoms with Crippen molar-refractivity contribution in [3.8, 4) is 0 Å². The van der Waals surface area contributed by atoms with Crippen molar-refractivity contribution in [3.63, 3.8) is 0 Å². The summed E-state index contributed by atoms with van der Waals surface area (Å²) in [4.78, 5) is 58.7. The topological polar surface area (TPSA) is 98.2 Å². The van der Waals surface area contributed by atoms with E-state index in [1.165, 1.54) is 20.2 Å². The van der Waals surface area contributed by atoms with Gasteiger partial charge in [-0.15, -0.1) is 0 Å². The van der Waals surface area contributed by atoms with Gasteiger partial charge in [0.05, 0.1) is 11.7 Å². The number of aliphatic hydroxyl groups is 1. The first-order valence-corrected chi connectivity index (χ1v) is 12.5. The molecule has 3 aliphatic rings. The van der Waals surface area contributed by atoms with E-state index in [9.17, 15) is 24.3 Å². The van der Waals surface area contributed by atoms with Crippen LogP contribution >= 0.6 is 0 Å². The van der Waals surface area contributed by atoms with Crippen molar-refractivity contribution < 1.29 is 24.3 Å². The number of rotatable bonds is 3. The zero-order chi connectivity index (χ0) is 27.5. The number of amides is 4. The molecular formula is C31H25N3O5. The molecule has 2 atom stereocenters. The number of barbiturate groups is 1. The highest BCUT2D eigenvalue weighted by Crippen LogP contribution is 2.66. The third kappa shape index (κ3) is 3.09. The summed E-state index contributed by atoms with van der Waals surface area (Å²) in [5.41, 5.74) is -2.48. The molecule has 3 heterocycles. The fourth-order valence-corrected chi connectivity index (χ4v) is 6.16. The van der Waals surface area contributed by atoms with Crippen molar-refractivity contribution in [2.45, 2.75) is 11.6 Å². The highest BCUT2D eigenvalue weighted by Gasteiger charge is 2.78. The number of imide groups is 2. The minimum atomic E-state index is -2.32. The van der Waals surface area contributed by atoms with E-state index in [-0.39, 0.29) is 11.3 Å². The fourth-order valence-electron chi connectivity index (χ4n) is 6.16. The van der Waals surface area contributed by atoms with Gasteiger partial charge in [-0.05, 0) is 22.8 Å². The van der Waals surface area contributed by atoms with Crippen LogP contribution < -0.4 is 0 Å². The van der Waals surface area contributed by atoms with Gasteiger partial charge in [-0.3, -0.25) is 24.2 Å². The van der Waals surface area contributed by atoms with E-state index in [0.29, 0.717) is 11.1 Å². The van der Waals surface area contributed by atoms with Crippen molar-refractivity contribution in [1.29, 1.82) is 0 Å². The molecule has 4 amide bonds. The van der Waals surface area contributed by atoms with Crippen LogP contribution in [-0.2, 0) is 15.2 Å². The van der Waals surface area contributed by atoms with Gasteiger partial charge in [0.15, 0.2) is 16.8 Å². The Bertz CT molecular complexity index is 1570. The first kappa shape index (κ1) is 24.5. The van der Waals surface area contributed by atoms with E-state index >= 15 is 0 Å². The maximum Gasteiger partial charge on any atom is 0.332 e. The predicted molar refractivity (Wildman–Crippen MR) is 143 cm³/mol. The molecule has 3 aromatic rings. The van der Waals surface area contributed by atoms with Crippen LogP contribution in [-0.4, -0.2) is 57.5 Å². The second kappa shape index (κ2) is 8.61. The van der Waals surface area contributed by atoms with Crippen LogP contribution in [0.25, 0.3) is 6.08 Å². The Morgan fingerprint density at radius 1 is 0.821 bits per heavy atom. The first-order chi connectivity index (χ1) is 18.7. The molecule has 2 fully saturated rings. The molecule has 0 unspecified atom stereocenters. The molecule has 1 spiro atoms. The van der Waals surface area contributed by atoms with Gasteiger partial charge in [-0.25, -0.2) is 4.79 Å². The minimum Gasteiger partial charge on any atom is -0.377 e. The maximum absolute atomic E-state index is 14.4. The van der Waals surface area contributed by atoms with Gasteiger partial charge in [-0.1, -0.05) is 84.9 Å². The summed E-state index contributed by atoms with van der Waals surface area (Å²) >= 11 is 0. The molecule has 1 N–H and O–H groups in total. The Kier molecular flexibility index (Phi) is 5.41. The Morgan fingerprint density at radius 2 is 1.38 bits per heavy atom. The number of allylic oxidation sites excluding steroid dienone is 1. The lowest BCUT2D eigenvalue weighted by Gasteiger charge is -2.48. The standard InChI is InChI=1S/C31H25N3O5/c1-32-27(36)30(28(37)33(2)29(32)38)26-23-16-10-9-11-20(23)17-18-34(26)25(19-24(35)21-12-5-3-6-13-21)31(30,39)22-14-7-4-8-15-22/h3-19,26,39H,1-2H3/b25-19-/t26-,31-/m0/s1. The molecule has 8 nitrogen and oxygen atoms in total. The number of ketones is 1. The van der Waals surface area contributed by atoms with Crippen LogP contribution in [0.2, 0.25) is 0 Å². The molecule has 2 saturated heterocycles. The number of hydrogen-bond donors (Lipinski definition) is 1. The van der Waals surface area contributed by atoms with Gasteiger partial charge in [0.2, 0.25) is 0 Å². The van der Waals surface area contributed by atoms with Gasteiger partial charge in [0.25, 0.3) is 11.8 Å². The number of hydrogen-bond acceptors (Lipinski definition) is 6. The average Bonchev–Trinajstić information content (AvgIpc) is 3.21. The molecule has 0 aliphatic carbocycles. The molecule has 0 saturated carbocycles. The summed E-state index contributed by atoms with van der Waals surface area (Å²) in [6, 6.07) is 22.4. The minimum absolute atomic E-state index is 0.0659. The fraction of sp³-hybridized carbons (Fsp3) is 0.161. The molecule has 3 aliphatic heterocycles. The lowest BCUT2D eigenvalue weighted by Crippen LogP contribution is -2.70. The smallest absolute Gasteiger partial charge is 0.332 e. The van der Waals surface area contributed by atoms with Crippen LogP contribution in [0.1, 0.15) is 33.1 Å². The van der Waals surface area contributed by atoms with E-state index in [0.717, 1.165) is 15.4 Å². The molecule has 0 bridgehead atoms. The Balaban J connectivity index is 1.73. The van der Waals surface area contributed by atoms with Crippen molar-refractivity contribution in [2.75, 3.05) is 14.1 Å². The van der Waals surface area contributed by atoms with Crippen LogP contribution in [0.4, 0.5) is 4.79 Å². The average molecular weight is 520 g/mol. The third-order valence-corrected chi connectivity index (χ3v) is 7.99. The third-order valence-electron chi connectivity index (χ3n) is 7.99. The quantitative estimate of drug-likeness (QED) is 0.322. The summed E-state index contributed by atoms with van der Waals surface area (Å²) < 4.78 is 0. The first-order valence-electron chi connectivity index (χ1n) is 12.5. The zero-order valence-electron chi connectivity index (χ0n) is 21.3. The van der Waals surface area contributed by atoms with Crippen LogP contribution in [0, 0.1) is 5.41 Å². The summed E-state index contributed by atoms with van der Waals surface area (Å²) in [6.07, 6.45) is 4.78. The molecule has 3 aromatic carbocycles. The van der Waals surface area contributed by atoms with Crippen molar-refractivity contribution in [3.05, 3.63) is 125 Å². The van der Waals surface area contributed by atoms with Gasteiger partial charge in [0.1, 0.15) is 0 Å². The SMILES string of the molecule is CN1C(=O)N(C)C(=O)C2(C1=O)[C@@H]1c3ccccc3C=CN1/C(=C\C(=O)c1ccccc1)[C@@]2(O)c1ccccc1. The normalized spacial score (nSPS) is 24.4. The predicted octanol–water partition coefficient (Wildman–Crippen LogP) is 3.72. The lowest BCUT2D eigenvalue weighted by atomic mass is 9.61. The van der Waals surface area contributed by atoms with Crippen LogP contribution in [0.15, 0.2) is 103 Å². The number of nitrogens with zero attached hydrogens (tertiary/aromatic N) is 3. The zero-order valence-corrected chi connectivity index (χ0v) is 21.3. The molecule has 0 radical (unpaired) electrons. The molecule has 39 heavy (non-hydrogen) atoms. The number of urea groups is 1. The van der Waals surface area contributed by atoms with Gasteiger partial charge >= 0.3 is 6.03 Å². The Morgan fingerprint density at radius 3 is 2.03 bits per heavy atom. The Labute approximate surface area is 225 Å². The molecule has 6 rings (SSSR count). The second-order valence-corrected chi connectivity index (χ2v) is 9.91. The summed E-state index contributed by atoms with van der Waals surface area (Å²) in [7, 11) is 2.60.